The average molecular weight is 158 g/mol. The van der Waals surface area contributed by atoms with E-state index in [0.29, 0.717) is 0 Å². The molecule has 0 atom stereocenters. The first kappa shape index (κ1) is 7.15. The maximum Gasteiger partial charge on any atom is 0 e. The van der Waals surface area contributed by atoms with Crippen molar-refractivity contribution in [1.82, 2.24) is 0 Å². The van der Waals surface area contributed by atoms with Crippen LogP contribution in [-0.2, 0) is 16.8 Å². The molecule has 0 aliphatic carbocycles. The summed E-state index contributed by atoms with van der Waals surface area (Å²) in [5.74, 6) is 0. The maximum absolute atomic E-state index is 5.46. The van der Waals surface area contributed by atoms with Gasteiger partial charge in [-0.1, -0.05) is 5.02 Å². The van der Waals surface area contributed by atoms with Crippen LogP contribution in [0.1, 0.15) is 0 Å². The molecule has 1 rings (SSSR count). The van der Waals surface area contributed by atoms with E-state index < -0.39 is 0 Å². The first-order valence-electron chi connectivity index (χ1n) is 1.77. The SMILES string of the molecule is Cl[c-]1cccc1.[Co]. The van der Waals surface area contributed by atoms with Gasteiger partial charge in [0.05, 0.1) is 0 Å². The van der Waals surface area contributed by atoms with Crippen LogP contribution in [-0.4, -0.2) is 0 Å². The Kier molecular flexibility index (Phi) is 3.25. The normalized spacial score (nSPS) is 7.57. The Morgan fingerprint density at radius 1 is 1.14 bits per heavy atom. The summed E-state index contributed by atoms with van der Waals surface area (Å²) in [6.07, 6.45) is 0. The van der Waals surface area contributed by atoms with Crippen LogP contribution < -0.4 is 0 Å². The topological polar surface area (TPSA) is 0 Å². The molecular weight excluding hydrogens is 154 g/mol. The van der Waals surface area contributed by atoms with E-state index in [0.717, 1.165) is 5.02 Å². The van der Waals surface area contributed by atoms with Crippen molar-refractivity contribution in [2.45, 2.75) is 0 Å². The maximum atomic E-state index is 5.46. The van der Waals surface area contributed by atoms with Gasteiger partial charge in [-0.2, -0.15) is 23.7 Å². The second kappa shape index (κ2) is 3.19. The van der Waals surface area contributed by atoms with Crippen molar-refractivity contribution < 1.29 is 16.8 Å². The van der Waals surface area contributed by atoms with Crippen molar-refractivity contribution >= 4 is 11.6 Å². The summed E-state index contributed by atoms with van der Waals surface area (Å²) in [4.78, 5) is 0. The minimum Gasteiger partial charge on any atom is -0.212 e. The van der Waals surface area contributed by atoms with Gasteiger partial charge in [-0.05, 0) is 0 Å². The molecule has 1 radical (unpaired) electrons. The molecule has 0 bridgehead atoms. The summed E-state index contributed by atoms with van der Waals surface area (Å²) < 4.78 is 0. The van der Waals surface area contributed by atoms with Gasteiger partial charge in [0, 0.05) is 16.8 Å². The number of halogens is 1. The molecule has 0 heterocycles. The molecule has 0 N–H and O–H groups in total. The molecule has 41 valence electrons. The Morgan fingerprint density at radius 3 is 1.71 bits per heavy atom. The summed E-state index contributed by atoms with van der Waals surface area (Å²) in [7, 11) is 0. The fourth-order valence-electron chi connectivity index (χ4n) is 0.351. The summed E-state index contributed by atoms with van der Waals surface area (Å²) >= 11 is 5.46. The van der Waals surface area contributed by atoms with Crippen molar-refractivity contribution in [3.05, 3.63) is 29.3 Å². The van der Waals surface area contributed by atoms with Gasteiger partial charge in [0.25, 0.3) is 0 Å². The third-order valence-electron chi connectivity index (χ3n) is 0.622. The van der Waals surface area contributed by atoms with Gasteiger partial charge in [0.1, 0.15) is 0 Å². The molecule has 1 aromatic rings. The quantitative estimate of drug-likeness (QED) is 0.507. The van der Waals surface area contributed by atoms with Gasteiger partial charge in [-0.25, -0.2) is 12.1 Å². The largest absolute Gasteiger partial charge is 0.212 e. The van der Waals surface area contributed by atoms with Gasteiger partial charge in [0.15, 0.2) is 0 Å². The monoisotopic (exact) mass is 158 g/mol. The molecule has 0 unspecified atom stereocenters. The Hall–Kier alpha value is 0.146. The van der Waals surface area contributed by atoms with Crippen LogP contribution in [0.2, 0.25) is 5.02 Å². The van der Waals surface area contributed by atoms with Crippen molar-refractivity contribution in [2.24, 2.45) is 0 Å². The van der Waals surface area contributed by atoms with E-state index in [2.05, 4.69) is 0 Å². The van der Waals surface area contributed by atoms with Crippen molar-refractivity contribution in [1.29, 1.82) is 0 Å². The fraction of sp³-hybridized carbons (Fsp3) is 0. The second-order valence-electron chi connectivity index (χ2n) is 1.10. The molecular formula is C5H4ClCo-. The summed E-state index contributed by atoms with van der Waals surface area (Å²) in [5.41, 5.74) is 0. The van der Waals surface area contributed by atoms with Gasteiger partial charge in [0.2, 0.25) is 0 Å². The Bertz CT molecular complexity index is 112. The number of hydrogen-bond donors (Lipinski definition) is 0. The van der Waals surface area contributed by atoms with E-state index in [1.807, 2.05) is 24.3 Å². The Balaban J connectivity index is 0.000000360. The Labute approximate surface area is 58.0 Å². The zero-order chi connectivity index (χ0) is 4.41. The summed E-state index contributed by atoms with van der Waals surface area (Å²) in [6.45, 7) is 0. The zero-order valence-electron chi connectivity index (χ0n) is 3.52. The predicted molar refractivity (Wildman–Crippen MR) is 27.0 cm³/mol. The van der Waals surface area contributed by atoms with Crippen LogP contribution >= 0.6 is 11.6 Å². The molecule has 0 aliphatic heterocycles. The molecule has 0 saturated carbocycles. The van der Waals surface area contributed by atoms with Crippen LogP contribution in [0.25, 0.3) is 0 Å². The van der Waals surface area contributed by atoms with E-state index in [1.165, 1.54) is 0 Å². The predicted octanol–water partition coefficient (Wildman–Crippen LogP) is 2.06. The summed E-state index contributed by atoms with van der Waals surface area (Å²) in [5, 5.41) is 0.815. The van der Waals surface area contributed by atoms with Crippen LogP contribution in [0.5, 0.6) is 0 Å². The minimum absolute atomic E-state index is 0. The molecule has 1 aromatic carbocycles. The van der Waals surface area contributed by atoms with Crippen LogP contribution in [0.4, 0.5) is 0 Å². The molecule has 0 nitrogen and oxygen atoms in total. The molecule has 0 amide bonds. The fourth-order valence-corrected chi connectivity index (χ4v) is 0.496. The van der Waals surface area contributed by atoms with E-state index in [-0.39, 0.29) is 16.8 Å². The molecule has 0 spiro atoms. The zero-order valence-corrected chi connectivity index (χ0v) is 5.32. The Morgan fingerprint density at radius 2 is 1.57 bits per heavy atom. The molecule has 0 saturated heterocycles. The smallest absolute Gasteiger partial charge is 0 e. The average Bonchev–Trinajstić information content (AvgIpc) is 1.86. The molecule has 2 heteroatoms. The number of rotatable bonds is 0. The van der Waals surface area contributed by atoms with Crippen molar-refractivity contribution in [2.75, 3.05) is 0 Å². The standard InChI is InChI=1S/C5H4Cl.Co/c6-5-3-1-2-4-5;/h1-4H;/q-1;. The van der Waals surface area contributed by atoms with E-state index in [9.17, 15) is 0 Å². The minimum atomic E-state index is 0. The van der Waals surface area contributed by atoms with Crippen LogP contribution in [0, 0.1) is 0 Å². The number of hydrogen-bond acceptors (Lipinski definition) is 0. The van der Waals surface area contributed by atoms with Crippen LogP contribution in [0.3, 0.4) is 0 Å². The first-order valence-corrected chi connectivity index (χ1v) is 2.14. The molecule has 0 aromatic heterocycles. The van der Waals surface area contributed by atoms with E-state index in [1.54, 1.807) is 0 Å². The molecule has 7 heavy (non-hydrogen) atoms. The summed E-state index contributed by atoms with van der Waals surface area (Å²) in [6, 6.07) is 7.51. The molecule has 0 aliphatic rings. The van der Waals surface area contributed by atoms with E-state index in [4.69, 9.17) is 11.6 Å². The van der Waals surface area contributed by atoms with Crippen LogP contribution in [0.15, 0.2) is 24.3 Å². The van der Waals surface area contributed by atoms with Gasteiger partial charge in [-0.3, -0.25) is 0 Å². The third kappa shape index (κ3) is 2.07. The van der Waals surface area contributed by atoms with Gasteiger partial charge in [-0.15, -0.1) is 0 Å². The van der Waals surface area contributed by atoms with E-state index >= 15 is 0 Å². The first-order chi connectivity index (χ1) is 2.89. The molecule has 0 fully saturated rings. The van der Waals surface area contributed by atoms with Crippen molar-refractivity contribution in [3.8, 4) is 0 Å². The van der Waals surface area contributed by atoms with Gasteiger partial charge < -0.3 is 0 Å². The van der Waals surface area contributed by atoms with Crippen molar-refractivity contribution in [3.63, 3.8) is 0 Å². The second-order valence-corrected chi connectivity index (χ2v) is 1.54. The third-order valence-corrected chi connectivity index (χ3v) is 0.874. The van der Waals surface area contributed by atoms with Gasteiger partial charge >= 0.3 is 0 Å².